The molecule has 1 aliphatic rings. The molecular formula is C5H7NOS2. The highest BCUT2D eigenvalue weighted by molar-refractivity contribution is 7.82. The van der Waals surface area contributed by atoms with Gasteiger partial charge in [-0.2, -0.15) is 0 Å². The molecule has 0 radical (unpaired) electrons. The van der Waals surface area contributed by atoms with Crippen LogP contribution in [0.2, 0.25) is 0 Å². The van der Waals surface area contributed by atoms with Crippen LogP contribution in [0.4, 0.5) is 0 Å². The van der Waals surface area contributed by atoms with E-state index in [-0.39, 0.29) is 0 Å². The zero-order chi connectivity index (χ0) is 6.85. The first-order valence-electron chi connectivity index (χ1n) is 2.73. The van der Waals surface area contributed by atoms with Crippen molar-refractivity contribution in [1.29, 1.82) is 0 Å². The highest BCUT2D eigenvalue weighted by atomic mass is 32.1. The molecule has 0 unspecified atom stereocenters. The molecule has 0 aromatic rings. The van der Waals surface area contributed by atoms with Gasteiger partial charge in [0, 0.05) is 6.54 Å². The largest absolute Gasteiger partial charge is 0.463 e. The molecule has 0 aliphatic carbocycles. The van der Waals surface area contributed by atoms with Gasteiger partial charge in [0.1, 0.15) is 11.6 Å². The fourth-order valence-electron chi connectivity index (χ4n) is 0.687. The lowest BCUT2D eigenvalue weighted by atomic mass is 10.6. The Kier molecular flexibility index (Phi) is 1.97. The summed E-state index contributed by atoms with van der Waals surface area (Å²) in [6.45, 7) is 3.30. The van der Waals surface area contributed by atoms with Crippen molar-refractivity contribution in [3.05, 3.63) is 0 Å². The minimum absolute atomic E-state index is 0.488. The van der Waals surface area contributed by atoms with Crippen LogP contribution in [0.25, 0.3) is 0 Å². The van der Waals surface area contributed by atoms with Gasteiger partial charge in [-0.3, -0.25) is 4.90 Å². The van der Waals surface area contributed by atoms with Gasteiger partial charge in [0.05, 0.1) is 0 Å². The summed E-state index contributed by atoms with van der Waals surface area (Å²) in [6, 6.07) is 0. The van der Waals surface area contributed by atoms with E-state index in [2.05, 4.69) is 0 Å². The van der Waals surface area contributed by atoms with Crippen molar-refractivity contribution in [2.75, 3.05) is 13.2 Å². The molecule has 50 valence electrons. The van der Waals surface area contributed by atoms with Crippen molar-refractivity contribution in [2.24, 2.45) is 0 Å². The Morgan fingerprint density at radius 1 is 1.67 bits per heavy atom. The molecule has 4 heteroatoms. The zero-order valence-corrected chi connectivity index (χ0v) is 6.72. The van der Waals surface area contributed by atoms with E-state index >= 15 is 0 Å². The van der Waals surface area contributed by atoms with Crippen LogP contribution in [0.15, 0.2) is 0 Å². The molecule has 1 rings (SSSR count). The molecule has 0 spiro atoms. The Bertz CT molecular complexity index is 141. The molecule has 0 aromatic carbocycles. The first kappa shape index (κ1) is 6.89. The van der Waals surface area contributed by atoms with Gasteiger partial charge in [0.25, 0.3) is 5.17 Å². The molecule has 0 N–H and O–H groups in total. The summed E-state index contributed by atoms with van der Waals surface area (Å²) >= 11 is 9.76. The fourth-order valence-corrected chi connectivity index (χ4v) is 1.31. The maximum absolute atomic E-state index is 4.98. The molecule has 9 heavy (non-hydrogen) atoms. The minimum atomic E-state index is 0.488. The maximum Gasteiger partial charge on any atom is 0.264 e. The monoisotopic (exact) mass is 161 g/mol. The third kappa shape index (κ3) is 1.19. The normalized spacial score (nSPS) is 18.6. The van der Waals surface area contributed by atoms with E-state index in [1.807, 2.05) is 11.8 Å². The van der Waals surface area contributed by atoms with Gasteiger partial charge in [-0.25, -0.2) is 0 Å². The van der Waals surface area contributed by atoms with Crippen LogP contribution < -0.4 is 0 Å². The molecule has 0 amide bonds. The Morgan fingerprint density at radius 3 is 2.56 bits per heavy atom. The van der Waals surface area contributed by atoms with Crippen LogP contribution >= 0.6 is 24.4 Å². The molecule has 2 nitrogen and oxygen atoms in total. The van der Waals surface area contributed by atoms with Crippen molar-refractivity contribution in [1.82, 2.24) is 4.90 Å². The van der Waals surface area contributed by atoms with E-state index in [0.717, 1.165) is 11.5 Å². The average Bonchev–Trinajstić information content (AvgIpc) is 2.12. The third-order valence-corrected chi connectivity index (χ3v) is 1.83. The van der Waals surface area contributed by atoms with Gasteiger partial charge in [-0.1, -0.05) is 12.2 Å². The van der Waals surface area contributed by atoms with Crippen LogP contribution in [0, 0.1) is 0 Å². The first-order chi connectivity index (χ1) is 4.25. The Morgan fingerprint density at radius 2 is 2.33 bits per heavy atom. The number of hydrogen-bond acceptors (Lipinski definition) is 3. The SMILES string of the molecule is CCN1C(=S)COC1=S. The Balaban J connectivity index is 2.66. The number of likely N-dealkylation sites (N-methyl/N-ethyl adjacent to an activating group) is 1. The van der Waals surface area contributed by atoms with Crippen LogP contribution in [-0.4, -0.2) is 28.2 Å². The van der Waals surface area contributed by atoms with E-state index in [1.54, 1.807) is 0 Å². The number of hydrogen-bond donors (Lipinski definition) is 0. The van der Waals surface area contributed by atoms with Crippen LogP contribution in [-0.2, 0) is 4.74 Å². The van der Waals surface area contributed by atoms with Gasteiger partial charge in [-0.15, -0.1) is 0 Å². The summed E-state index contributed by atoms with van der Waals surface area (Å²) < 4.78 is 4.98. The zero-order valence-electron chi connectivity index (χ0n) is 5.09. The minimum Gasteiger partial charge on any atom is -0.463 e. The summed E-state index contributed by atoms with van der Waals surface area (Å²) in [4.78, 5) is 2.60. The lowest BCUT2D eigenvalue weighted by Gasteiger charge is -2.09. The maximum atomic E-state index is 4.98. The second-order valence-corrected chi connectivity index (χ2v) is 2.51. The van der Waals surface area contributed by atoms with Gasteiger partial charge < -0.3 is 4.74 Å². The molecule has 1 saturated heterocycles. The number of nitrogens with zero attached hydrogens (tertiary/aromatic N) is 1. The topological polar surface area (TPSA) is 12.5 Å². The fraction of sp³-hybridized carbons (Fsp3) is 0.600. The van der Waals surface area contributed by atoms with E-state index in [9.17, 15) is 0 Å². The van der Waals surface area contributed by atoms with Crippen molar-refractivity contribution in [3.63, 3.8) is 0 Å². The van der Waals surface area contributed by atoms with Crippen molar-refractivity contribution >= 4 is 34.6 Å². The molecule has 0 aromatic heterocycles. The number of rotatable bonds is 1. The van der Waals surface area contributed by atoms with Gasteiger partial charge in [0.2, 0.25) is 0 Å². The lowest BCUT2D eigenvalue weighted by Crippen LogP contribution is -2.26. The lowest BCUT2D eigenvalue weighted by molar-refractivity contribution is 0.375. The van der Waals surface area contributed by atoms with Gasteiger partial charge in [0.15, 0.2) is 0 Å². The summed E-state index contributed by atoms with van der Waals surface area (Å²) in [5.41, 5.74) is 0. The molecule has 1 fully saturated rings. The second kappa shape index (κ2) is 2.58. The molecule has 0 atom stereocenters. The Labute approximate surface area is 64.8 Å². The van der Waals surface area contributed by atoms with Crippen molar-refractivity contribution in [3.8, 4) is 0 Å². The number of ether oxygens (including phenoxy) is 1. The van der Waals surface area contributed by atoms with E-state index in [1.165, 1.54) is 0 Å². The standard InChI is InChI=1S/C5H7NOS2/c1-2-6-4(8)3-7-5(6)9/h2-3H2,1H3. The van der Waals surface area contributed by atoms with Crippen molar-refractivity contribution in [2.45, 2.75) is 6.92 Å². The summed E-state index contributed by atoms with van der Waals surface area (Å²) in [7, 11) is 0. The van der Waals surface area contributed by atoms with Crippen LogP contribution in [0.5, 0.6) is 0 Å². The predicted molar refractivity (Wildman–Crippen MR) is 43.5 cm³/mol. The molecule has 0 bridgehead atoms. The Hall–Kier alpha value is -0.220. The van der Waals surface area contributed by atoms with Crippen LogP contribution in [0.1, 0.15) is 6.92 Å². The predicted octanol–water partition coefficient (Wildman–Crippen LogP) is 0.951. The van der Waals surface area contributed by atoms with Crippen LogP contribution in [0.3, 0.4) is 0 Å². The molecule has 0 saturated carbocycles. The van der Waals surface area contributed by atoms with E-state index in [4.69, 9.17) is 29.2 Å². The summed E-state index contributed by atoms with van der Waals surface area (Å²) in [5.74, 6) is 0. The average molecular weight is 161 g/mol. The second-order valence-electron chi connectivity index (χ2n) is 1.69. The molecule has 1 aliphatic heterocycles. The first-order valence-corrected chi connectivity index (χ1v) is 3.54. The molecule has 1 heterocycles. The highest BCUT2D eigenvalue weighted by Crippen LogP contribution is 2.05. The van der Waals surface area contributed by atoms with Gasteiger partial charge in [-0.05, 0) is 19.1 Å². The quantitative estimate of drug-likeness (QED) is 0.531. The van der Waals surface area contributed by atoms with E-state index in [0.29, 0.717) is 11.8 Å². The summed E-state index contributed by atoms with van der Waals surface area (Å²) in [6.07, 6.45) is 0. The smallest absolute Gasteiger partial charge is 0.264 e. The van der Waals surface area contributed by atoms with E-state index < -0.39 is 0 Å². The molecular weight excluding hydrogens is 154 g/mol. The summed E-state index contributed by atoms with van der Waals surface area (Å²) in [5, 5.41) is 0.516. The van der Waals surface area contributed by atoms with Gasteiger partial charge >= 0.3 is 0 Å². The third-order valence-electron chi connectivity index (χ3n) is 1.16. The highest BCUT2D eigenvalue weighted by Gasteiger charge is 2.21. The number of thiocarbonyl (C=S) groups is 2. The van der Waals surface area contributed by atoms with Crippen molar-refractivity contribution < 1.29 is 4.74 Å².